The monoisotopic (exact) mass is 227 g/mol. The second-order valence-electron chi connectivity index (χ2n) is 5.28. The summed E-state index contributed by atoms with van der Waals surface area (Å²) in [6.45, 7) is 1.20. The zero-order valence-corrected chi connectivity index (χ0v) is 10.2. The highest BCUT2D eigenvalue weighted by molar-refractivity contribution is 4.77. The summed E-state index contributed by atoms with van der Waals surface area (Å²) in [4.78, 5) is 0. The summed E-state index contributed by atoms with van der Waals surface area (Å²) in [6.07, 6.45) is 10.3. The van der Waals surface area contributed by atoms with Crippen LogP contribution in [-0.2, 0) is 4.74 Å². The minimum absolute atomic E-state index is 0.331. The van der Waals surface area contributed by atoms with Crippen LogP contribution in [0.25, 0.3) is 0 Å². The lowest BCUT2D eigenvalue weighted by Crippen LogP contribution is -2.41. The third-order valence-electron chi connectivity index (χ3n) is 3.82. The maximum atomic E-state index is 9.76. The van der Waals surface area contributed by atoms with Gasteiger partial charge in [0.1, 0.15) is 0 Å². The number of ether oxygens (including phenoxy) is 1. The third-order valence-corrected chi connectivity index (χ3v) is 3.82. The molecule has 16 heavy (non-hydrogen) atoms. The molecule has 2 N–H and O–H groups in total. The highest BCUT2D eigenvalue weighted by Gasteiger charge is 2.19. The highest BCUT2D eigenvalue weighted by atomic mass is 16.5. The first-order valence-corrected chi connectivity index (χ1v) is 6.87. The van der Waals surface area contributed by atoms with E-state index in [2.05, 4.69) is 5.32 Å². The van der Waals surface area contributed by atoms with E-state index in [1.165, 1.54) is 51.4 Å². The first kappa shape index (κ1) is 12.3. The lowest BCUT2D eigenvalue weighted by atomic mass is 9.93. The Bertz CT molecular complexity index is 188. The number of hydrogen-bond donors (Lipinski definition) is 2. The van der Waals surface area contributed by atoms with Gasteiger partial charge in [-0.15, -0.1) is 0 Å². The number of aliphatic hydroxyl groups is 1. The SMILES string of the molecule is OC(CNC1CCC1)COC1CCCCC1. The van der Waals surface area contributed by atoms with Crippen molar-refractivity contribution in [3.8, 4) is 0 Å². The van der Waals surface area contributed by atoms with Crippen LogP contribution < -0.4 is 5.32 Å². The minimum Gasteiger partial charge on any atom is -0.389 e. The Morgan fingerprint density at radius 2 is 1.81 bits per heavy atom. The fourth-order valence-electron chi connectivity index (χ4n) is 2.45. The molecule has 1 unspecified atom stereocenters. The second kappa shape index (κ2) is 6.58. The van der Waals surface area contributed by atoms with E-state index in [1.807, 2.05) is 0 Å². The van der Waals surface area contributed by atoms with Gasteiger partial charge in [-0.2, -0.15) is 0 Å². The van der Waals surface area contributed by atoms with Gasteiger partial charge in [-0.05, 0) is 25.7 Å². The Labute approximate surface area is 98.6 Å². The van der Waals surface area contributed by atoms with Crippen LogP contribution >= 0.6 is 0 Å². The summed E-state index contributed by atoms with van der Waals surface area (Å²) < 4.78 is 5.74. The van der Waals surface area contributed by atoms with Crippen LogP contribution in [0, 0.1) is 0 Å². The van der Waals surface area contributed by atoms with Gasteiger partial charge in [-0.1, -0.05) is 25.7 Å². The molecule has 1 atom stereocenters. The number of rotatable bonds is 6. The molecule has 0 aromatic carbocycles. The van der Waals surface area contributed by atoms with Crippen molar-refractivity contribution in [2.75, 3.05) is 13.2 Å². The van der Waals surface area contributed by atoms with Crippen molar-refractivity contribution in [1.82, 2.24) is 5.32 Å². The van der Waals surface area contributed by atoms with E-state index in [4.69, 9.17) is 4.74 Å². The summed E-state index contributed by atoms with van der Waals surface area (Å²) in [5.74, 6) is 0. The molecule has 2 aliphatic carbocycles. The zero-order valence-electron chi connectivity index (χ0n) is 10.2. The Morgan fingerprint density at radius 1 is 1.06 bits per heavy atom. The standard InChI is InChI=1S/C13H25NO2/c15-12(9-14-11-5-4-6-11)10-16-13-7-2-1-3-8-13/h11-15H,1-10H2. The lowest BCUT2D eigenvalue weighted by Gasteiger charge is -2.28. The first-order valence-electron chi connectivity index (χ1n) is 6.87. The normalized spacial score (nSPS) is 25.3. The van der Waals surface area contributed by atoms with Crippen LogP contribution in [0.4, 0.5) is 0 Å². The van der Waals surface area contributed by atoms with Gasteiger partial charge in [0.15, 0.2) is 0 Å². The Balaban J connectivity index is 1.50. The molecule has 0 aromatic rings. The van der Waals surface area contributed by atoms with Crippen molar-refractivity contribution < 1.29 is 9.84 Å². The molecular weight excluding hydrogens is 202 g/mol. The molecular formula is C13H25NO2. The fourth-order valence-corrected chi connectivity index (χ4v) is 2.45. The first-order chi connectivity index (χ1) is 7.84. The maximum Gasteiger partial charge on any atom is 0.0897 e. The van der Waals surface area contributed by atoms with E-state index in [0.29, 0.717) is 25.3 Å². The average Bonchev–Trinajstić information content (AvgIpc) is 2.26. The van der Waals surface area contributed by atoms with Gasteiger partial charge in [-0.3, -0.25) is 0 Å². The Morgan fingerprint density at radius 3 is 2.44 bits per heavy atom. The molecule has 0 radical (unpaired) electrons. The molecule has 0 aromatic heterocycles. The average molecular weight is 227 g/mol. The molecule has 0 aliphatic heterocycles. The minimum atomic E-state index is -0.331. The van der Waals surface area contributed by atoms with Gasteiger partial charge in [-0.25, -0.2) is 0 Å². The summed E-state index contributed by atoms with van der Waals surface area (Å²) in [5.41, 5.74) is 0. The van der Waals surface area contributed by atoms with Crippen molar-refractivity contribution in [2.24, 2.45) is 0 Å². The molecule has 0 saturated heterocycles. The summed E-state index contributed by atoms with van der Waals surface area (Å²) in [6, 6.07) is 0.657. The summed E-state index contributed by atoms with van der Waals surface area (Å²) in [7, 11) is 0. The highest BCUT2D eigenvalue weighted by Crippen LogP contribution is 2.20. The van der Waals surface area contributed by atoms with Gasteiger partial charge in [0, 0.05) is 12.6 Å². The topological polar surface area (TPSA) is 41.5 Å². The zero-order chi connectivity index (χ0) is 11.2. The molecule has 2 aliphatic rings. The molecule has 2 rings (SSSR count). The molecule has 3 nitrogen and oxygen atoms in total. The molecule has 2 fully saturated rings. The van der Waals surface area contributed by atoms with Gasteiger partial charge in [0.25, 0.3) is 0 Å². The van der Waals surface area contributed by atoms with E-state index in [-0.39, 0.29) is 6.10 Å². The fraction of sp³-hybridized carbons (Fsp3) is 1.00. The number of hydrogen-bond acceptors (Lipinski definition) is 3. The quantitative estimate of drug-likeness (QED) is 0.727. The third kappa shape index (κ3) is 4.04. The van der Waals surface area contributed by atoms with E-state index < -0.39 is 0 Å². The molecule has 0 heterocycles. The van der Waals surface area contributed by atoms with Crippen LogP contribution in [0.5, 0.6) is 0 Å². The Hall–Kier alpha value is -0.120. The van der Waals surface area contributed by atoms with Crippen molar-refractivity contribution >= 4 is 0 Å². The van der Waals surface area contributed by atoms with Crippen molar-refractivity contribution in [2.45, 2.75) is 69.6 Å². The smallest absolute Gasteiger partial charge is 0.0897 e. The molecule has 3 heteroatoms. The van der Waals surface area contributed by atoms with Crippen molar-refractivity contribution in [3.63, 3.8) is 0 Å². The molecule has 0 spiro atoms. The predicted molar refractivity (Wildman–Crippen MR) is 64.5 cm³/mol. The summed E-state index contributed by atoms with van der Waals surface area (Å²) in [5, 5.41) is 13.1. The predicted octanol–water partition coefficient (Wildman–Crippen LogP) is 1.84. The second-order valence-corrected chi connectivity index (χ2v) is 5.28. The molecule has 2 saturated carbocycles. The molecule has 0 amide bonds. The summed E-state index contributed by atoms with van der Waals surface area (Å²) >= 11 is 0. The number of aliphatic hydroxyl groups excluding tert-OH is 1. The van der Waals surface area contributed by atoms with Crippen LogP contribution in [0.2, 0.25) is 0 Å². The van der Waals surface area contributed by atoms with Gasteiger partial charge >= 0.3 is 0 Å². The molecule has 0 bridgehead atoms. The maximum absolute atomic E-state index is 9.76. The van der Waals surface area contributed by atoms with Gasteiger partial charge in [0.05, 0.1) is 18.8 Å². The van der Waals surface area contributed by atoms with Gasteiger partial charge < -0.3 is 15.2 Å². The Kier molecular flexibility index (Phi) is 5.07. The lowest BCUT2D eigenvalue weighted by molar-refractivity contribution is -0.0242. The van der Waals surface area contributed by atoms with Crippen LogP contribution in [0.1, 0.15) is 51.4 Å². The van der Waals surface area contributed by atoms with Crippen LogP contribution in [0.3, 0.4) is 0 Å². The van der Waals surface area contributed by atoms with Gasteiger partial charge in [0.2, 0.25) is 0 Å². The van der Waals surface area contributed by atoms with Crippen molar-refractivity contribution in [1.29, 1.82) is 0 Å². The molecule has 94 valence electrons. The van der Waals surface area contributed by atoms with E-state index >= 15 is 0 Å². The largest absolute Gasteiger partial charge is 0.389 e. The van der Waals surface area contributed by atoms with E-state index in [0.717, 1.165) is 0 Å². The van der Waals surface area contributed by atoms with Crippen LogP contribution in [0.15, 0.2) is 0 Å². The number of nitrogens with one attached hydrogen (secondary N) is 1. The van der Waals surface area contributed by atoms with Crippen molar-refractivity contribution in [3.05, 3.63) is 0 Å². The van der Waals surface area contributed by atoms with Crippen LogP contribution in [-0.4, -0.2) is 36.5 Å². The van der Waals surface area contributed by atoms with E-state index in [9.17, 15) is 5.11 Å². The van der Waals surface area contributed by atoms with E-state index in [1.54, 1.807) is 0 Å².